The Labute approximate surface area is 223 Å². The van der Waals surface area contributed by atoms with Gasteiger partial charge in [-0.15, -0.1) is 0 Å². The Hall–Kier alpha value is -2.64. The molecule has 5 N–H and O–H groups in total. The summed E-state index contributed by atoms with van der Waals surface area (Å²) in [5.41, 5.74) is 4.24. The zero-order chi connectivity index (χ0) is 27.8. The number of aliphatic hydroxyl groups is 1. The molecule has 0 spiro atoms. The minimum absolute atomic E-state index is 0.00634. The number of anilines is 1. The lowest BCUT2D eigenvalue weighted by Crippen LogP contribution is -2.63. The maximum atomic E-state index is 13.5. The van der Waals surface area contributed by atoms with Gasteiger partial charge in [-0.3, -0.25) is 9.59 Å². The van der Waals surface area contributed by atoms with Crippen molar-refractivity contribution in [1.29, 1.82) is 0 Å². The summed E-state index contributed by atoms with van der Waals surface area (Å²) in [6, 6.07) is 6.58. The Balaban J connectivity index is 1.46. The van der Waals surface area contributed by atoms with Gasteiger partial charge in [0.1, 0.15) is 6.23 Å². The lowest BCUT2D eigenvalue weighted by molar-refractivity contribution is -0.183. The number of ether oxygens (including phenoxy) is 1. The van der Waals surface area contributed by atoms with E-state index >= 15 is 0 Å². The predicted octanol–water partition coefficient (Wildman–Crippen LogP) is 2.61. The molecule has 2 aromatic rings. The summed E-state index contributed by atoms with van der Waals surface area (Å²) in [4.78, 5) is 24.8. The van der Waals surface area contributed by atoms with Crippen molar-refractivity contribution in [3.05, 3.63) is 58.6 Å². The Morgan fingerprint density at radius 3 is 2.47 bits per heavy atom. The maximum absolute atomic E-state index is 13.5. The van der Waals surface area contributed by atoms with E-state index < -0.39 is 62.2 Å². The van der Waals surface area contributed by atoms with Crippen molar-refractivity contribution in [1.82, 2.24) is 5.32 Å². The second-order valence-electron chi connectivity index (χ2n) is 9.74. The smallest absolute Gasteiger partial charge is 0.255 e. The van der Waals surface area contributed by atoms with Crippen LogP contribution >= 0.6 is 11.6 Å². The van der Waals surface area contributed by atoms with Gasteiger partial charge in [0, 0.05) is 24.4 Å². The highest BCUT2D eigenvalue weighted by Crippen LogP contribution is 2.57. The van der Waals surface area contributed by atoms with Gasteiger partial charge in [0.2, 0.25) is 5.91 Å². The number of rotatable bonds is 9. The summed E-state index contributed by atoms with van der Waals surface area (Å²) in [7, 11) is -2.60. The first-order valence-electron chi connectivity index (χ1n) is 11.9. The van der Waals surface area contributed by atoms with Crippen molar-refractivity contribution < 1.29 is 36.6 Å². The van der Waals surface area contributed by atoms with E-state index in [9.17, 15) is 31.9 Å². The van der Waals surface area contributed by atoms with Crippen molar-refractivity contribution in [2.24, 2.45) is 17.6 Å². The molecule has 2 unspecified atom stereocenters. The van der Waals surface area contributed by atoms with Gasteiger partial charge in [-0.25, -0.2) is 17.2 Å². The molecule has 38 heavy (non-hydrogen) atoms. The third-order valence-corrected chi connectivity index (χ3v) is 10.1. The van der Waals surface area contributed by atoms with Gasteiger partial charge in [0.05, 0.1) is 33.7 Å². The molecule has 206 valence electrons. The number of carbonyl (C=O) groups excluding carboxylic acids is 2. The van der Waals surface area contributed by atoms with E-state index in [1.54, 1.807) is 0 Å². The number of halogens is 3. The van der Waals surface area contributed by atoms with Crippen molar-refractivity contribution in [2.75, 3.05) is 19.0 Å². The van der Waals surface area contributed by atoms with Gasteiger partial charge in [0.25, 0.3) is 5.91 Å². The molecule has 3 fully saturated rings. The highest BCUT2D eigenvalue weighted by atomic mass is 35.5. The summed E-state index contributed by atoms with van der Waals surface area (Å²) < 4.78 is 58.6. The lowest BCUT2D eigenvalue weighted by atomic mass is 9.52. The van der Waals surface area contributed by atoms with Crippen LogP contribution in [0.15, 0.2) is 41.3 Å². The SMILES string of the molecule is CO[C@H](N)CNC(=O)CC1(O)C2CC1CC(S(=O)(=O)c1cc(C(=O)Nc3ccc(F)c(F)c3)ccc1Cl)C2. The van der Waals surface area contributed by atoms with Crippen LogP contribution in [0.4, 0.5) is 14.5 Å². The number of sulfone groups is 1. The number of hydrogen-bond donors (Lipinski definition) is 4. The fraction of sp³-hybridized carbons (Fsp3) is 0.440. The van der Waals surface area contributed by atoms with Crippen molar-refractivity contribution >= 4 is 38.9 Å². The fourth-order valence-electron chi connectivity index (χ4n) is 5.23. The van der Waals surface area contributed by atoms with E-state index in [1.807, 2.05) is 0 Å². The van der Waals surface area contributed by atoms with Crippen LogP contribution in [0.25, 0.3) is 0 Å². The van der Waals surface area contributed by atoms with E-state index in [0.29, 0.717) is 6.42 Å². The minimum Gasteiger partial charge on any atom is -0.389 e. The van der Waals surface area contributed by atoms with Crippen molar-refractivity contribution in [2.45, 2.75) is 47.7 Å². The zero-order valence-corrected chi connectivity index (χ0v) is 22.0. The number of methoxy groups -OCH3 is 1. The molecule has 2 bridgehead atoms. The van der Waals surface area contributed by atoms with Gasteiger partial charge in [-0.05, 0) is 61.4 Å². The van der Waals surface area contributed by atoms with Gasteiger partial charge in [-0.2, -0.15) is 0 Å². The molecule has 3 atom stereocenters. The number of benzene rings is 2. The molecule has 2 aromatic carbocycles. The molecule has 3 aliphatic rings. The van der Waals surface area contributed by atoms with E-state index in [-0.39, 0.29) is 47.0 Å². The van der Waals surface area contributed by atoms with Crippen LogP contribution in [-0.2, 0) is 19.4 Å². The van der Waals surface area contributed by atoms with Gasteiger partial charge in [-0.1, -0.05) is 11.6 Å². The van der Waals surface area contributed by atoms with Crippen LogP contribution in [0.2, 0.25) is 5.02 Å². The third kappa shape index (κ3) is 5.55. The molecule has 13 heteroatoms. The Kier molecular flexibility index (Phi) is 8.10. The normalized spacial score (nSPS) is 25.3. The Morgan fingerprint density at radius 2 is 1.84 bits per heavy atom. The largest absolute Gasteiger partial charge is 0.389 e. The van der Waals surface area contributed by atoms with Crippen molar-refractivity contribution in [3.8, 4) is 0 Å². The van der Waals surface area contributed by atoms with Gasteiger partial charge < -0.3 is 26.2 Å². The highest BCUT2D eigenvalue weighted by Gasteiger charge is 2.60. The molecule has 3 saturated carbocycles. The average molecular weight is 572 g/mol. The average Bonchev–Trinajstić information content (AvgIpc) is 2.89. The van der Waals surface area contributed by atoms with E-state index in [1.165, 1.54) is 25.3 Å². The van der Waals surface area contributed by atoms with Crippen molar-refractivity contribution in [3.63, 3.8) is 0 Å². The predicted molar refractivity (Wildman–Crippen MR) is 135 cm³/mol. The van der Waals surface area contributed by atoms with Gasteiger partial charge >= 0.3 is 0 Å². The molecule has 3 aliphatic carbocycles. The topological polar surface area (TPSA) is 148 Å². The quantitative estimate of drug-likeness (QED) is 0.338. The summed E-state index contributed by atoms with van der Waals surface area (Å²) in [5.74, 6) is -4.16. The van der Waals surface area contributed by atoms with Crippen LogP contribution in [0.1, 0.15) is 36.0 Å². The highest BCUT2D eigenvalue weighted by molar-refractivity contribution is 7.92. The summed E-state index contributed by atoms with van der Waals surface area (Å²) >= 11 is 6.22. The number of nitrogens with two attached hydrogens (primary N) is 1. The van der Waals surface area contributed by atoms with Crippen LogP contribution in [0.5, 0.6) is 0 Å². The zero-order valence-electron chi connectivity index (χ0n) is 20.4. The maximum Gasteiger partial charge on any atom is 0.255 e. The molecule has 5 rings (SSSR count). The molecule has 2 amide bonds. The van der Waals surface area contributed by atoms with Gasteiger partial charge in [0.15, 0.2) is 21.5 Å². The first-order chi connectivity index (χ1) is 17.8. The number of carbonyl (C=O) groups is 2. The van der Waals surface area contributed by atoms with Crippen LogP contribution in [-0.4, -0.2) is 56.1 Å². The summed E-state index contributed by atoms with van der Waals surface area (Å²) in [6.07, 6.45) is -0.00341. The lowest BCUT2D eigenvalue weighted by Gasteiger charge is -2.58. The van der Waals surface area contributed by atoms with Crippen LogP contribution in [0, 0.1) is 23.5 Å². The van der Waals surface area contributed by atoms with E-state index in [0.717, 1.165) is 18.2 Å². The van der Waals surface area contributed by atoms with E-state index in [2.05, 4.69) is 10.6 Å². The fourth-order valence-corrected chi connectivity index (χ4v) is 7.64. The molecule has 9 nitrogen and oxygen atoms in total. The molecule has 0 aliphatic heterocycles. The Morgan fingerprint density at radius 1 is 1.16 bits per heavy atom. The first-order valence-corrected chi connectivity index (χ1v) is 13.8. The monoisotopic (exact) mass is 571 g/mol. The second-order valence-corrected chi connectivity index (χ2v) is 12.3. The summed E-state index contributed by atoms with van der Waals surface area (Å²) in [6.45, 7) is 0.0796. The standard InChI is InChI=1S/C25H28ClF2N3O6S/c1-37-22(29)12-30-23(32)11-25(34)14-7-15(25)9-17(8-14)38(35,36)21-6-13(2-4-18(21)26)24(33)31-16-3-5-19(27)20(28)10-16/h2-6,10,14-15,17,22,34H,7-9,11-12,29H2,1H3,(H,30,32)(H,31,33)/t14?,15?,17?,22-,25?/m0/s1. The number of nitrogens with one attached hydrogen (secondary N) is 2. The minimum atomic E-state index is -4.01. The molecular formula is C25H28ClF2N3O6S. The molecule has 0 radical (unpaired) electrons. The number of fused-ring (bicyclic) bond motifs is 2. The number of hydrogen-bond acceptors (Lipinski definition) is 7. The van der Waals surface area contributed by atoms with E-state index in [4.69, 9.17) is 22.1 Å². The van der Waals surface area contributed by atoms with Crippen LogP contribution in [0.3, 0.4) is 0 Å². The molecular weight excluding hydrogens is 544 g/mol. The summed E-state index contributed by atoms with van der Waals surface area (Å²) in [5, 5.41) is 15.2. The van der Waals surface area contributed by atoms with Crippen LogP contribution < -0.4 is 16.4 Å². The first kappa shape index (κ1) is 28.4. The molecule has 0 aromatic heterocycles. The molecule has 0 saturated heterocycles. The third-order valence-electron chi connectivity index (χ3n) is 7.44. The Bertz CT molecular complexity index is 1350. The number of amides is 2. The second kappa shape index (κ2) is 10.9. The molecule has 0 heterocycles.